The number of carbonyl (C=O) groups excluding carboxylic acids is 2. The smallest absolute Gasteiger partial charge is 0.269 e. The normalized spacial score (nSPS) is 15.0. The van der Waals surface area contributed by atoms with Gasteiger partial charge in [0.25, 0.3) is 5.91 Å². The Morgan fingerprint density at radius 2 is 1.64 bits per heavy atom. The van der Waals surface area contributed by atoms with E-state index in [4.69, 9.17) is 21.1 Å². The van der Waals surface area contributed by atoms with E-state index in [0.29, 0.717) is 33.3 Å². The summed E-state index contributed by atoms with van der Waals surface area (Å²) in [6, 6.07) is 20.7. The van der Waals surface area contributed by atoms with Crippen LogP contribution in [0.1, 0.15) is 15.9 Å². The third-order valence-electron chi connectivity index (χ3n) is 4.32. The van der Waals surface area contributed by atoms with Gasteiger partial charge in [-0.25, -0.2) is 0 Å². The Labute approximate surface area is 166 Å². The molecule has 3 aromatic carbocycles. The monoisotopic (exact) mass is 393 g/mol. The summed E-state index contributed by atoms with van der Waals surface area (Å²) in [5.41, 5.74) is 1.18. The van der Waals surface area contributed by atoms with Crippen molar-refractivity contribution in [1.29, 1.82) is 0 Å². The fourth-order valence-electron chi connectivity index (χ4n) is 2.92. The molecule has 3 aromatic rings. The van der Waals surface area contributed by atoms with Gasteiger partial charge < -0.3 is 14.8 Å². The number of fused-ring (bicyclic) bond motifs is 1. The van der Waals surface area contributed by atoms with Gasteiger partial charge in [-0.15, -0.1) is 0 Å². The molecule has 0 radical (unpaired) electrons. The minimum Gasteiger partial charge on any atom is -0.485 e. The van der Waals surface area contributed by atoms with E-state index in [2.05, 4.69) is 5.32 Å². The van der Waals surface area contributed by atoms with Crippen LogP contribution in [0.15, 0.2) is 72.8 Å². The van der Waals surface area contributed by atoms with Gasteiger partial charge in [0.15, 0.2) is 17.3 Å². The molecule has 0 fully saturated rings. The molecular weight excluding hydrogens is 378 g/mol. The summed E-state index contributed by atoms with van der Waals surface area (Å²) in [4.78, 5) is 25.6. The van der Waals surface area contributed by atoms with Crippen molar-refractivity contribution in [2.75, 3.05) is 11.9 Å². The minimum atomic E-state index is -0.828. The Bertz CT molecular complexity index is 1040. The summed E-state index contributed by atoms with van der Waals surface area (Å²) in [5.74, 6) is 0.465. The number of amides is 1. The number of ether oxygens (including phenoxy) is 2. The van der Waals surface area contributed by atoms with Crippen molar-refractivity contribution in [3.05, 3.63) is 88.9 Å². The van der Waals surface area contributed by atoms with Gasteiger partial charge in [-0.1, -0.05) is 54.1 Å². The lowest BCUT2D eigenvalue weighted by molar-refractivity contribution is -0.125. The zero-order valence-electron chi connectivity index (χ0n) is 14.7. The number of rotatable bonds is 4. The molecule has 1 N–H and O–H groups in total. The SMILES string of the molecule is O=C(c1ccccc1)c1cc(Cl)ccc1NC(=O)C1COc2ccccc2O1. The molecule has 0 saturated carbocycles. The zero-order valence-corrected chi connectivity index (χ0v) is 15.5. The lowest BCUT2D eigenvalue weighted by Gasteiger charge is -2.25. The average molecular weight is 394 g/mol. The number of nitrogens with one attached hydrogen (secondary N) is 1. The van der Waals surface area contributed by atoms with Crippen molar-refractivity contribution in [1.82, 2.24) is 0 Å². The molecule has 1 unspecified atom stereocenters. The van der Waals surface area contributed by atoms with Crippen molar-refractivity contribution < 1.29 is 19.1 Å². The van der Waals surface area contributed by atoms with Crippen LogP contribution in [0.25, 0.3) is 0 Å². The molecule has 28 heavy (non-hydrogen) atoms. The molecule has 1 heterocycles. The Morgan fingerprint density at radius 1 is 0.929 bits per heavy atom. The summed E-state index contributed by atoms with van der Waals surface area (Å²) in [7, 11) is 0. The van der Waals surface area contributed by atoms with Crippen molar-refractivity contribution in [2.24, 2.45) is 0 Å². The number of anilines is 1. The number of halogens is 1. The zero-order chi connectivity index (χ0) is 19.5. The van der Waals surface area contributed by atoms with Gasteiger partial charge in [0.05, 0.1) is 5.69 Å². The highest BCUT2D eigenvalue weighted by Crippen LogP contribution is 2.31. The third kappa shape index (κ3) is 3.70. The van der Waals surface area contributed by atoms with E-state index in [1.165, 1.54) is 0 Å². The van der Waals surface area contributed by atoms with Crippen LogP contribution in [0.2, 0.25) is 5.02 Å². The van der Waals surface area contributed by atoms with E-state index in [9.17, 15) is 9.59 Å². The fourth-order valence-corrected chi connectivity index (χ4v) is 3.09. The fraction of sp³-hybridized carbons (Fsp3) is 0.0909. The highest BCUT2D eigenvalue weighted by Gasteiger charge is 2.28. The molecule has 140 valence electrons. The molecule has 6 heteroatoms. The topological polar surface area (TPSA) is 64.6 Å². The van der Waals surface area contributed by atoms with E-state index in [1.807, 2.05) is 12.1 Å². The van der Waals surface area contributed by atoms with Gasteiger partial charge in [0.2, 0.25) is 6.10 Å². The summed E-state index contributed by atoms with van der Waals surface area (Å²) in [5, 5.41) is 3.17. The van der Waals surface area contributed by atoms with Crippen molar-refractivity contribution >= 4 is 29.0 Å². The molecule has 4 rings (SSSR count). The van der Waals surface area contributed by atoms with E-state index < -0.39 is 12.0 Å². The predicted molar refractivity (Wildman–Crippen MR) is 106 cm³/mol. The maximum absolute atomic E-state index is 12.9. The largest absolute Gasteiger partial charge is 0.485 e. The highest BCUT2D eigenvalue weighted by atomic mass is 35.5. The van der Waals surface area contributed by atoms with Crippen LogP contribution < -0.4 is 14.8 Å². The number of carbonyl (C=O) groups is 2. The van der Waals surface area contributed by atoms with Crippen LogP contribution in [0.5, 0.6) is 11.5 Å². The first kappa shape index (κ1) is 18.1. The quantitative estimate of drug-likeness (QED) is 0.669. The average Bonchev–Trinajstić information content (AvgIpc) is 2.74. The molecule has 0 bridgehead atoms. The molecule has 1 amide bonds. The third-order valence-corrected chi connectivity index (χ3v) is 4.56. The van der Waals surface area contributed by atoms with Crippen LogP contribution in [-0.4, -0.2) is 24.4 Å². The molecule has 1 aliphatic rings. The standard InChI is InChI=1S/C22H16ClNO4/c23-15-10-11-17(16(12-15)21(25)14-6-2-1-3-7-14)24-22(26)20-13-27-18-8-4-5-9-19(18)28-20/h1-12,20H,13H2,(H,24,26). The van der Waals surface area contributed by atoms with Gasteiger partial charge in [-0.05, 0) is 30.3 Å². The number of hydrogen-bond acceptors (Lipinski definition) is 4. The van der Waals surface area contributed by atoms with Crippen LogP contribution in [0, 0.1) is 0 Å². The first-order valence-electron chi connectivity index (χ1n) is 8.70. The summed E-state index contributed by atoms with van der Waals surface area (Å²) >= 11 is 6.08. The van der Waals surface area contributed by atoms with E-state index in [-0.39, 0.29) is 12.4 Å². The number of benzene rings is 3. The number of ketones is 1. The second-order valence-corrected chi connectivity index (χ2v) is 6.67. The molecule has 0 saturated heterocycles. The van der Waals surface area contributed by atoms with E-state index in [0.717, 1.165) is 0 Å². The van der Waals surface area contributed by atoms with Crippen LogP contribution in [0.3, 0.4) is 0 Å². The summed E-state index contributed by atoms with van der Waals surface area (Å²) in [6.07, 6.45) is -0.828. The van der Waals surface area contributed by atoms with Crippen molar-refractivity contribution in [2.45, 2.75) is 6.10 Å². The van der Waals surface area contributed by atoms with Crippen LogP contribution >= 0.6 is 11.6 Å². The lowest BCUT2D eigenvalue weighted by atomic mass is 10.0. The molecule has 1 aliphatic heterocycles. The molecule has 0 spiro atoms. The van der Waals surface area contributed by atoms with E-state index in [1.54, 1.807) is 60.7 Å². The molecule has 0 aliphatic carbocycles. The van der Waals surface area contributed by atoms with Crippen LogP contribution in [-0.2, 0) is 4.79 Å². The Balaban J connectivity index is 1.57. The summed E-state index contributed by atoms with van der Waals surface area (Å²) < 4.78 is 11.3. The van der Waals surface area contributed by atoms with Gasteiger partial charge >= 0.3 is 0 Å². The van der Waals surface area contributed by atoms with E-state index >= 15 is 0 Å². The van der Waals surface area contributed by atoms with Crippen LogP contribution in [0.4, 0.5) is 5.69 Å². The Hall–Kier alpha value is -3.31. The van der Waals surface area contributed by atoms with Gasteiger partial charge in [0.1, 0.15) is 6.61 Å². The Morgan fingerprint density at radius 3 is 2.43 bits per heavy atom. The second kappa shape index (κ2) is 7.74. The first-order chi connectivity index (χ1) is 13.6. The number of hydrogen-bond donors (Lipinski definition) is 1. The summed E-state index contributed by atoms with van der Waals surface area (Å²) in [6.45, 7) is 0.0817. The molecule has 1 atom stereocenters. The first-order valence-corrected chi connectivity index (χ1v) is 9.08. The Kier molecular flexibility index (Phi) is 5.00. The highest BCUT2D eigenvalue weighted by molar-refractivity contribution is 6.31. The van der Waals surface area contributed by atoms with Gasteiger partial charge in [-0.2, -0.15) is 0 Å². The van der Waals surface area contributed by atoms with Gasteiger partial charge in [-0.3, -0.25) is 9.59 Å². The van der Waals surface area contributed by atoms with Gasteiger partial charge in [0, 0.05) is 16.1 Å². The van der Waals surface area contributed by atoms with Crippen molar-refractivity contribution in [3.63, 3.8) is 0 Å². The van der Waals surface area contributed by atoms with Crippen molar-refractivity contribution in [3.8, 4) is 11.5 Å². The molecule has 5 nitrogen and oxygen atoms in total. The maximum atomic E-state index is 12.9. The maximum Gasteiger partial charge on any atom is 0.269 e. The lowest BCUT2D eigenvalue weighted by Crippen LogP contribution is -2.40. The molecule has 0 aromatic heterocycles. The minimum absolute atomic E-state index is 0.0817. The predicted octanol–water partition coefficient (Wildman–Crippen LogP) is 4.35. The second-order valence-electron chi connectivity index (χ2n) is 6.24. The molecular formula is C22H16ClNO4. The number of para-hydroxylation sites is 2.